The summed E-state index contributed by atoms with van der Waals surface area (Å²) in [6.07, 6.45) is 2.22. The molecule has 0 aromatic carbocycles. The number of carboxylic acids is 2. The quantitative estimate of drug-likeness (QED) is 0.502. The molecule has 0 saturated carbocycles. The van der Waals surface area contributed by atoms with Gasteiger partial charge < -0.3 is 20.6 Å². The molecule has 0 bridgehead atoms. The Morgan fingerprint density at radius 3 is 1.81 bits per heavy atom. The van der Waals surface area contributed by atoms with E-state index in [2.05, 4.69) is 19.2 Å². The minimum absolute atomic E-state index is 0.281. The normalized spacial score (nSPS) is 21.8. The summed E-state index contributed by atoms with van der Waals surface area (Å²) in [5.74, 6) is -2.51. The third-order valence-corrected chi connectivity index (χ3v) is 1.94. The van der Waals surface area contributed by atoms with Crippen LogP contribution in [-0.4, -0.2) is 45.4 Å². The van der Waals surface area contributed by atoms with Crippen LogP contribution in [0.4, 0.5) is 0 Å². The van der Waals surface area contributed by atoms with Gasteiger partial charge >= 0.3 is 11.9 Å². The molecule has 0 aromatic rings. The van der Waals surface area contributed by atoms with Gasteiger partial charge in [0.1, 0.15) is 0 Å². The summed E-state index contributed by atoms with van der Waals surface area (Å²) in [5, 5.41) is 27.4. The highest BCUT2D eigenvalue weighted by Gasteiger charge is 2.33. The number of nitrogens with one attached hydrogen (secondary N) is 1. The first kappa shape index (κ1) is 14.6. The summed E-state index contributed by atoms with van der Waals surface area (Å²) < 4.78 is 0. The second-order valence-electron chi connectivity index (χ2n) is 4.12. The number of hydrogen-bond acceptors (Lipinski definition) is 4. The Bertz CT molecular complexity index is 261. The van der Waals surface area contributed by atoms with E-state index >= 15 is 0 Å². The lowest BCUT2D eigenvalue weighted by Crippen LogP contribution is -2.61. The fourth-order valence-corrected chi connectivity index (χ4v) is 1.40. The molecular weight excluding hydrogens is 214 g/mol. The van der Waals surface area contributed by atoms with Gasteiger partial charge in [-0.2, -0.15) is 0 Å². The van der Waals surface area contributed by atoms with E-state index in [0.717, 1.165) is 6.42 Å². The number of aliphatic hydroxyl groups is 1. The van der Waals surface area contributed by atoms with Crippen molar-refractivity contribution in [3.8, 4) is 0 Å². The van der Waals surface area contributed by atoms with Crippen molar-refractivity contribution in [1.82, 2.24) is 5.32 Å². The van der Waals surface area contributed by atoms with Crippen LogP contribution in [0, 0.1) is 0 Å². The van der Waals surface area contributed by atoms with E-state index in [1.165, 1.54) is 0 Å². The van der Waals surface area contributed by atoms with Gasteiger partial charge in [0.2, 0.25) is 0 Å². The molecule has 92 valence electrons. The van der Waals surface area contributed by atoms with E-state index < -0.39 is 11.9 Å². The fourth-order valence-electron chi connectivity index (χ4n) is 1.40. The van der Waals surface area contributed by atoms with E-state index in [1.54, 1.807) is 0 Å². The highest BCUT2D eigenvalue weighted by atomic mass is 16.4. The predicted molar refractivity (Wildman–Crippen MR) is 57.1 cm³/mol. The molecule has 0 amide bonds. The van der Waals surface area contributed by atoms with Gasteiger partial charge in [-0.3, -0.25) is 0 Å². The zero-order chi connectivity index (χ0) is 12.8. The van der Waals surface area contributed by atoms with Crippen LogP contribution in [0.1, 0.15) is 20.3 Å². The standard InChI is InChI=1S/C6H13NO.C4H4O4/c1-6(2)3-5(4-8)7-6;5-3(6)1-2-4(7)8/h5,7-8H,3-4H2,1-2H3;1-2H,(H,5,6)(H,7,8)/b;2-1-. The maximum Gasteiger partial charge on any atom is 0.328 e. The first-order valence-corrected chi connectivity index (χ1v) is 4.79. The SMILES string of the molecule is CC1(C)CC(CO)N1.O=C(O)/C=C\C(=O)O. The lowest BCUT2D eigenvalue weighted by atomic mass is 9.86. The molecule has 1 fully saturated rings. The van der Waals surface area contributed by atoms with Crippen molar-refractivity contribution >= 4 is 11.9 Å². The first-order valence-electron chi connectivity index (χ1n) is 4.79. The van der Waals surface area contributed by atoms with E-state index in [0.29, 0.717) is 18.2 Å². The fraction of sp³-hybridized carbons (Fsp3) is 0.600. The van der Waals surface area contributed by atoms with Gasteiger partial charge in [0.15, 0.2) is 0 Å². The molecule has 1 aliphatic rings. The molecular formula is C10H17NO5. The van der Waals surface area contributed by atoms with Crippen molar-refractivity contribution in [3.63, 3.8) is 0 Å². The van der Waals surface area contributed by atoms with Crippen molar-refractivity contribution in [2.75, 3.05) is 6.61 Å². The summed E-state index contributed by atoms with van der Waals surface area (Å²) in [6, 6.07) is 0.366. The van der Waals surface area contributed by atoms with E-state index in [9.17, 15) is 9.59 Å². The first-order chi connectivity index (χ1) is 7.26. The summed E-state index contributed by atoms with van der Waals surface area (Å²) in [6.45, 7) is 4.56. The van der Waals surface area contributed by atoms with Crippen LogP contribution in [0.5, 0.6) is 0 Å². The Morgan fingerprint density at radius 1 is 1.31 bits per heavy atom. The van der Waals surface area contributed by atoms with Crippen molar-refractivity contribution in [3.05, 3.63) is 12.2 Å². The molecule has 0 aromatic heterocycles. The van der Waals surface area contributed by atoms with Gasteiger partial charge in [0.05, 0.1) is 6.61 Å². The van der Waals surface area contributed by atoms with Crippen molar-refractivity contribution in [1.29, 1.82) is 0 Å². The second kappa shape index (κ2) is 6.24. The third kappa shape index (κ3) is 6.97. The lowest BCUT2D eigenvalue weighted by molar-refractivity contribution is -0.134. The molecule has 1 rings (SSSR count). The predicted octanol–water partition coefficient (Wildman–Crippen LogP) is -0.169. The topological polar surface area (TPSA) is 107 Å². The smallest absolute Gasteiger partial charge is 0.328 e. The highest BCUT2D eigenvalue weighted by Crippen LogP contribution is 2.22. The number of rotatable bonds is 3. The van der Waals surface area contributed by atoms with Crippen LogP contribution in [0.15, 0.2) is 12.2 Å². The number of aliphatic hydroxyl groups excluding tert-OH is 1. The molecule has 1 saturated heterocycles. The van der Waals surface area contributed by atoms with Crippen LogP contribution in [0.2, 0.25) is 0 Å². The molecule has 1 heterocycles. The Hall–Kier alpha value is -1.40. The molecule has 0 radical (unpaired) electrons. The minimum Gasteiger partial charge on any atom is -0.478 e. The van der Waals surface area contributed by atoms with Crippen LogP contribution in [0.25, 0.3) is 0 Å². The molecule has 6 nitrogen and oxygen atoms in total. The van der Waals surface area contributed by atoms with Crippen LogP contribution < -0.4 is 5.32 Å². The van der Waals surface area contributed by atoms with Crippen molar-refractivity contribution in [2.24, 2.45) is 0 Å². The molecule has 0 spiro atoms. The van der Waals surface area contributed by atoms with E-state index in [1.807, 2.05) is 0 Å². The van der Waals surface area contributed by atoms with Crippen LogP contribution in [0.3, 0.4) is 0 Å². The van der Waals surface area contributed by atoms with Gasteiger partial charge in [0, 0.05) is 23.7 Å². The maximum atomic E-state index is 9.55. The highest BCUT2D eigenvalue weighted by molar-refractivity contribution is 5.89. The zero-order valence-corrected chi connectivity index (χ0v) is 9.30. The third-order valence-electron chi connectivity index (χ3n) is 1.94. The molecule has 6 heteroatoms. The minimum atomic E-state index is -1.26. The molecule has 4 N–H and O–H groups in total. The van der Waals surface area contributed by atoms with Gasteiger partial charge in [-0.1, -0.05) is 0 Å². The summed E-state index contributed by atoms with van der Waals surface area (Å²) in [4.78, 5) is 19.1. The Morgan fingerprint density at radius 2 is 1.69 bits per heavy atom. The van der Waals surface area contributed by atoms with Crippen molar-refractivity contribution < 1.29 is 24.9 Å². The van der Waals surface area contributed by atoms with Crippen LogP contribution >= 0.6 is 0 Å². The number of hydrogen-bond donors (Lipinski definition) is 4. The molecule has 16 heavy (non-hydrogen) atoms. The Kier molecular flexibility index (Phi) is 5.69. The largest absolute Gasteiger partial charge is 0.478 e. The van der Waals surface area contributed by atoms with Crippen LogP contribution in [-0.2, 0) is 9.59 Å². The Labute approximate surface area is 93.6 Å². The summed E-state index contributed by atoms with van der Waals surface area (Å²) in [5.41, 5.74) is 0.285. The maximum absolute atomic E-state index is 9.55. The monoisotopic (exact) mass is 231 g/mol. The molecule has 0 aliphatic carbocycles. The summed E-state index contributed by atoms with van der Waals surface area (Å²) >= 11 is 0. The summed E-state index contributed by atoms with van der Waals surface area (Å²) in [7, 11) is 0. The number of carbonyl (C=O) groups is 2. The average molecular weight is 231 g/mol. The van der Waals surface area contributed by atoms with E-state index in [4.69, 9.17) is 15.3 Å². The number of carboxylic acid groups (broad SMARTS) is 2. The second-order valence-corrected chi connectivity index (χ2v) is 4.12. The van der Waals surface area contributed by atoms with Gasteiger partial charge in [-0.15, -0.1) is 0 Å². The Balaban J connectivity index is 0.000000281. The molecule has 1 atom stereocenters. The van der Waals surface area contributed by atoms with Gasteiger partial charge in [-0.05, 0) is 20.3 Å². The average Bonchev–Trinajstić information content (AvgIpc) is 2.11. The van der Waals surface area contributed by atoms with Gasteiger partial charge in [-0.25, -0.2) is 9.59 Å². The molecule has 1 aliphatic heterocycles. The van der Waals surface area contributed by atoms with Gasteiger partial charge in [0.25, 0.3) is 0 Å². The van der Waals surface area contributed by atoms with E-state index in [-0.39, 0.29) is 12.1 Å². The molecule has 1 unspecified atom stereocenters. The zero-order valence-electron chi connectivity index (χ0n) is 9.30. The van der Waals surface area contributed by atoms with Crippen molar-refractivity contribution in [2.45, 2.75) is 31.8 Å². The lowest BCUT2D eigenvalue weighted by Gasteiger charge is -2.43. The number of aliphatic carboxylic acids is 2.